The molecule has 0 N–H and O–H groups in total. The minimum absolute atomic E-state index is 0.0642. The van der Waals surface area contributed by atoms with Crippen molar-refractivity contribution in [3.05, 3.63) is 59.3 Å². The molecule has 1 aromatic heterocycles. The van der Waals surface area contributed by atoms with Crippen LogP contribution in [0.2, 0.25) is 0 Å². The molecule has 1 aromatic carbocycles. The quantitative estimate of drug-likeness (QED) is 0.482. The summed E-state index contributed by atoms with van der Waals surface area (Å²) < 4.78 is 28.0. The molecule has 5 nitrogen and oxygen atoms in total. The predicted molar refractivity (Wildman–Crippen MR) is 76.4 cm³/mol. The summed E-state index contributed by atoms with van der Waals surface area (Å²) >= 11 is 0. The Labute approximate surface area is 125 Å². The van der Waals surface area contributed by atoms with E-state index in [4.69, 9.17) is 9.15 Å². The lowest BCUT2D eigenvalue weighted by atomic mass is 10.1. The number of allylic oxidation sites excluding steroid dienone is 1. The van der Waals surface area contributed by atoms with Gasteiger partial charge in [0.25, 0.3) is 0 Å². The molecule has 0 bridgehead atoms. The summed E-state index contributed by atoms with van der Waals surface area (Å²) in [6.45, 7) is 0. The first-order valence-corrected chi connectivity index (χ1v) is 6.28. The van der Waals surface area contributed by atoms with Crippen LogP contribution in [0.3, 0.4) is 0 Å². The monoisotopic (exact) mass is 304 g/mol. The molecule has 0 atom stereocenters. The van der Waals surface area contributed by atoms with Crippen LogP contribution in [-0.2, 0) is 4.74 Å². The molecule has 0 saturated carbocycles. The highest BCUT2D eigenvalue weighted by atomic mass is 19.1. The van der Waals surface area contributed by atoms with Crippen LogP contribution in [0.5, 0.6) is 5.75 Å². The maximum absolute atomic E-state index is 13.5. The van der Waals surface area contributed by atoms with E-state index in [2.05, 4.69) is 4.74 Å². The van der Waals surface area contributed by atoms with Crippen molar-refractivity contribution in [1.29, 1.82) is 0 Å². The van der Waals surface area contributed by atoms with E-state index in [9.17, 15) is 14.0 Å². The van der Waals surface area contributed by atoms with Crippen LogP contribution >= 0.6 is 0 Å². The SMILES string of the molecule is COC(=O)c1coc(C=CC(=O)c2ccc(OC)c(F)c2)c1. The van der Waals surface area contributed by atoms with Gasteiger partial charge in [0, 0.05) is 5.56 Å². The highest BCUT2D eigenvalue weighted by Gasteiger charge is 2.10. The van der Waals surface area contributed by atoms with Gasteiger partial charge in [0.1, 0.15) is 12.0 Å². The molecule has 2 rings (SSSR count). The third-order valence-corrected chi connectivity index (χ3v) is 2.88. The first-order valence-electron chi connectivity index (χ1n) is 6.28. The van der Waals surface area contributed by atoms with E-state index in [-0.39, 0.29) is 16.9 Å². The number of halogens is 1. The van der Waals surface area contributed by atoms with Crippen LogP contribution in [0.4, 0.5) is 4.39 Å². The molecule has 0 spiro atoms. The van der Waals surface area contributed by atoms with E-state index in [1.165, 1.54) is 50.8 Å². The summed E-state index contributed by atoms with van der Waals surface area (Å²) in [7, 11) is 2.60. The molecule has 1 heterocycles. The zero-order valence-electron chi connectivity index (χ0n) is 12.0. The fraction of sp³-hybridized carbons (Fsp3) is 0.125. The molecule has 0 unspecified atom stereocenters. The lowest BCUT2D eigenvalue weighted by Crippen LogP contribution is -1.98. The minimum Gasteiger partial charge on any atom is -0.494 e. The van der Waals surface area contributed by atoms with Gasteiger partial charge in [-0.25, -0.2) is 9.18 Å². The van der Waals surface area contributed by atoms with Crippen molar-refractivity contribution < 1.29 is 27.9 Å². The Hall–Kier alpha value is -2.89. The number of ketones is 1. The van der Waals surface area contributed by atoms with Crippen LogP contribution in [0.15, 0.2) is 41.0 Å². The molecular formula is C16H13FO5. The Balaban J connectivity index is 2.12. The number of furan rings is 1. The van der Waals surface area contributed by atoms with Gasteiger partial charge in [0.15, 0.2) is 17.3 Å². The second kappa shape index (κ2) is 6.71. The Bertz CT molecular complexity index is 730. The van der Waals surface area contributed by atoms with Crippen molar-refractivity contribution in [3.8, 4) is 5.75 Å². The van der Waals surface area contributed by atoms with E-state index < -0.39 is 17.6 Å². The molecule has 6 heteroatoms. The van der Waals surface area contributed by atoms with Gasteiger partial charge >= 0.3 is 5.97 Å². The van der Waals surface area contributed by atoms with E-state index in [1.54, 1.807) is 0 Å². The summed E-state index contributed by atoms with van der Waals surface area (Å²) in [5.41, 5.74) is 0.416. The van der Waals surface area contributed by atoms with Gasteiger partial charge < -0.3 is 13.9 Å². The van der Waals surface area contributed by atoms with Crippen molar-refractivity contribution in [2.45, 2.75) is 0 Å². The van der Waals surface area contributed by atoms with Crippen LogP contribution in [-0.4, -0.2) is 26.0 Å². The number of carbonyl (C=O) groups is 2. The number of methoxy groups -OCH3 is 2. The summed E-state index contributed by atoms with van der Waals surface area (Å²) in [5, 5.41) is 0. The lowest BCUT2D eigenvalue weighted by molar-refractivity contribution is 0.0600. The van der Waals surface area contributed by atoms with Gasteiger partial charge in [-0.2, -0.15) is 0 Å². The molecule has 0 aliphatic heterocycles. The number of hydrogen-bond donors (Lipinski definition) is 0. The minimum atomic E-state index is -0.618. The largest absolute Gasteiger partial charge is 0.494 e. The molecule has 114 valence electrons. The number of hydrogen-bond acceptors (Lipinski definition) is 5. The third-order valence-electron chi connectivity index (χ3n) is 2.88. The average molecular weight is 304 g/mol. The average Bonchev–Trinajstić information content (AvgIpc) is 3.00. The van der Waals surface area contributed by atoms with Crippen LogP contribution in [0.1, 0.15) is 26.5 Å². The molecule has 2 aromatic rings. The van der Waals surface area contributed by atoms with Gasteiger partial charge in [-0.05, 0) is 36.4 Å². The summed E-state index contributed by atoms with van der Waals surface area (Å²) in [6.07, 6.45) is 3.83. The maximum atomic E-state index is 13.5. The van der Waals surface area contributed by atoms with E-state index >= 15 is 0 Å². The van der Waals surface area contributed by atoms with Gasteiger partial charge in [-0.1, -0.05) is 0 Å². The summed E-state index contributed by atoms with van der Waals surface area (Å²) in [6, 6.07) is 5.35. The van der Waals surface area contributed by atoms with E-state index in [0.717, 1.165) is 6.07 Å². The van der Waals surface area contributed by atoms with Crippen LogP contribution < -0.4 is 4.74 Å². The Morgan fingerprint density at radius 3 is 2.59 bits per heavy atom. The number of ether oxygens (including phenoxy) is 2. The number of rotatable bonds is 5. The van der Waals surface area contributed by atoms with Crippen molar-refractivity contribution in [2.24, 2.45) is 0 Å². The molecule has 0 aliphatic rings. The van der Waals surface area contributed by atoms with Crippen molar-refractivity contribution >= 4 is 17.8 Å². The first kappa shape index (κ1) is 15.5. The second-order valence-corrected chi connectivity index (χ2v) is 4.28. The van der Waals surface area contributed by atoms with Crippen LogP contribution in [0, 0.1) is 5.82 Å². The fourth-order valence-electron chi connectivity index (χ4n) is 1.74. The first-order chi connectivity index (χ1) is 10.5. The topological polar surface area (TPSA) is 65.7 Å². The number of benzene rings is 1. The molecule has 0 radical (unpaired) electrons. The van der Waals surface area contributed by atoms with Gasteiger partial charge in [-0.3, -0.25) is 4.79 Å². The van der Waals surface area contributed by atoms with Gasteiger partial charge in [-0.15, -0.1) is 0 Å². The highest BCUT2D eigenvalue weighted by molar-refractivity contribution is 6.06. The zero-order chi connectivity index (χ0) is 16.1. The normalized spacial score (nSPS) is 10.7. The van der Waals surface area contributed by atoms with Crippen molar-refractivity contribution in [1.82, 2.24) is 0 Å². The maximum Gasteiger partial charge on any atom is 0.341 e. The van der Waals surface area contributed by atoms with E-state index in [1.807, 2.05) is 0 Å². The molecule has 0 fully saturated rings. The molecule has 0 aliphatic carbocycles. The third kappa shape index (κ3) is 3.41. The zero-order valence-corrected chi connectivity index (χ0v) is 12.0. The Morgan fingerprint density at radius 2 is 1.95 bits per heavy atom. The summed E-state index contributed by atoms with van der Waals surface area (Å²) in [5.74, 6) is -1.19. The van der Waals surface area contributed by atoms with Gasteiger partial charge in [0.2, 0.25) is 0 Å². The fourth-order valence-corrected chi connectivity index (χ4v) is 1.74. The molecule has 0 saturated heterocycles. The molecular weight excluding hydrogens is 291 g/mol. The smallest absolute Gasteiger partial charge is 0.341 e. The predicted octanol–water partition coefficient (Wildman–Crippen LogP) is 3.11. The Kier molecular flexibility index (Phi) is 4.73. The lowest BCUT2D eigenvalue weighted by Gasteiger charge is -2.02. The van der Waals surface area contributed by atoms with Crippen molar-refractivity contribution in [2.75, 3.05) is 14.2 Å². The number of esters is 1. The van der Waals surface area contributed by atoms with Crippen LogP contribution in [0.25, 0.3) is 6.08 Å². The molecule has 22 heavy (non-hydrogen) atoms. The highest BCUT2D eigenvalue weighted by Crippen LogP contribution is 2.18. The number of carbonyl (C=O) groups excluding carboxylic acids is 2. The van der Waals surface area contributed by atoms with Gasteiger partial charge in [0.05, 0.1) is 19.8 Å². The second-order valence-electron chi connectivity index (χ2n) is 4.28. The Morgan fingerprint density at radius 1 is 1.18 bits per heavy atom. The van der Waals surface area contributed by atoms with E-state index in [0.29, 0.717) is 5.76 Å². The standard InChI is InChI=1S/C16H13FO5/c1-20-15-6-3-10(8-13(15)17)14(18)5-4-12-7-11(9-22-12)16(19)21-2/h3-9H,1-2H3. The summed E-state index contributed by atoms with van der Waals surface area (Å²) in [4.78, 5) is 23.2. The van der Waals surface area contributed by atoms with Crippen molar-refractivity contribution in [3.63, 3.8) is 0 Å². The molecule has 0 amide bonds.